The van der Waals surface area contributed by atoms with E-state index < -0.39 is 32.7 Å². The molecule has 1 fully saturated rings. The van der Waals surface area contributed by atoms with Crippen LogP contribution < -0.4 is 10.6 Å². The fourth-order valence-corrected chi connectivity index (χ4v) is 6.57. The van der Waals surface area contributed by atoms with Crippen molar-refractivity contribution in [1.82, 2.24) is 20.6 Å². The number of methoxy groups -OCH3 is 1. The number of halogens is 2. The van der Waals surface area contributed by atoms with Crippen molar-refractivity contribution in [1.29, 1.82) is 0 Å². The number of rotatable bonds is 10. The first-order valence-corrected chi connectivity index (χ1v) is 13.6. The minimum absolute atomic E-state index is 0.0432. The number of aromatic nitrogens is 2. The molecule has 0 aliphatic heterocycles. The first-order chi connectivity index (χ1) is 16.7. The zero-order valence-electron chi connectivity index (χ0n) is 18.6. The maximum absolute atomic E-state index is 13.2. The quantitative estimate of drug-likeness (QED) is 0.378. The number of sulfone groups is 1. The topological polar surface area (TPSA) is 127 Å². The summed E-state index contributed by atoms with van der Waals surface area (Å²) >= 11 is 7.43. The molecule has 0 bridgehead atoms. The molecule has 1 aliphatic carbocycles. The van der Waals surface area contributed by atoms with E-state index in [2.05, 4.69) is 20.6 Å². The fourth-order valence-electron chi connectivity index (χ4n) is 3.35. The second-order valence-electron chi connectivity index (χ2n) is 8.02. The van der Waals surface area contributed by atoms with Crippen molar-refractivity contribution in [2.75, 3.05) is 26.0 Å². The SMILES string of the molecule is COCCS(=O)(=O)C(C(=O)NCC(=O)NC1CC1)c1nc2cc(Cl)c(-c3ccc(F)nc3)cc2s1. The lowest BCUT2D eigenvalue weighted by Crippen LogP contribution is -2.41. The van der Waals surface area contributed by atoms with Crippen molar-refractivity contribution in [2.24, 2.45) is 0 Å². The average Bonchev–Trinajstić information content (AvgIpc) is 3.53. The number of fused-ring (bicyclic) bond motifs is 1. The van der Waals surface area contributed by atoms with Gasteiger partial charge < -0.3 is 15.4 Å². The van der Waals surface area contributed by atoms with Crippen LogP contribution in [0.25, 0.3) is 21.3 Å². The summed E-state index contributed by atoms with van der Waals surface area (Å²) in [5.74, 6) is -2.27. The highest BCUT2D eigenvalue weighted by Crippen LogP contribution is 2.37. The predicted molar refractivity (Wildman–Crippen MR) is 130 cm³/mol. The molecular formula is C22H22ClFN4O5S2. The number of amides is 2. The third kappa shape index (κ3) is 6.13. The van der Waals surface area contributed by atoms with E-state index in [-0.39, 0.29) is 30.1 Å². The number of carbonyl (C=O) groups is 2. The molecule has 0 radical (unpaired) electrons. The Morgan fingerprint density at radius 1 is 1.31 bits per heavy atom. The van der Waals surface area contributed by atoms with Gasteiger partial charge >= 0.3 is 0 Å². The smallest absolute Gasteiger partial charge is 0.245 e. The fraction of sp³-hybridized carbons (Fsp3) is 0.364. The molecule has 2 N–H and O–H groups in total. The van der Waals surface area contributed by atoms with E-state index in [9.17, 15) is 22.4 Å². The average molecular weight is 541 g/mol. The van der Waals surface area contributed by atoms with Crippen molar-refractivity contribution >= 4 is 54.8 Å². The van der Waals surface area contributed by atoms with Gasteiger partial charge in [0.25, 0.3) is 0 Å². The van der Waals surface area contributed by atoms with Gasteiger partial charge in [-0.3, -0.25) is 9.59 Å². The summed E-state index contributed by atoms with van der Waals surface area (Å²) in [6.07, 6.45) is 3.11. The highest BCUT2D eigenvalue weighted by molar-refractivity contribution is 7.92. The lowest BCUT2D eigenvalue weighted by molar-refractivity contribution is -0.126. The molecule has 1 atom stereocenters. The van der Waals surface area contributed by atoms with E-state index in [0.717, 1.165) is 24.2 Å². The van der Waals surface area contributed by atoms with Crippen LogP contribution in [0.2, 0.25) is 5.02 Å². The lowest BCUT2D eigenvalue weighted by Gasteiger charge is -2.15. The number of hydrogen-bond acceptors (Lipinski definition) is 8. The third-order valence-corrected chi connectivity index (χ3v) is 8.73. The Labute approximate surface area is 210 Å². The molecule has 1 aliphatic rings. The van der Waals surface area contributed by atoms with E-state index in [1.165, 1.54) is 25.4 Å². The van der Waals surface area contributed by atoms with Gasteiger partial charge in [0.2, 0.25) is 17.8 Å². The molecule has 2 aromatic heterocycles. The van der Waals surface area contributed by atoms with Gasteiger partial charge in [-0.25, -0.2) is 18.4 Å². The van der Waals surface area contributed by atoms with Gasteiger partial charge in [-0.15, -0.1) is 11.3 Å². The van der Waals surface area contributed by atoms with Crippen LogP contribution >= 0.6 is 22.9 Å². The normalized spacial score (nSPS) is 14.6. The van der Waals surface area contributed by atoms with Gasteiger partial charge in [-0.1, -0.05) is 11.6 Å². The molecule has 2 heterocycles. The van der Waals surface area contributed by atoms with Crippen LogP contribution in [-0.4, -0.2) is 62.3 Å². The van der Waals surface area contributed by atoms with Crippen molar-refractivity contribution in [3.8, 4) is 11.1 Å². The second kappa shape index (κ2) is 10.5. The van der Waals surface area contributed by atoms with Crippen LogP contribution in [0.1, 0.15) is 23.1 Å². The Bertz CT molecular complexity index is 1360. The Morgan fingerprint density at radius 3 is 2.74 bits per heavy atom. The van der Waals surface area contributed by atoms with Gasteiger partial charge in [0.1, 0.15) is 5.01 Å². The number of pyridine rings is 1. The van der Waals surface area contributed by atoms with Crippen LogP contribution in [0.3, 0.4) is 0 Å². The maximum Gasteiger partial charge on any atom is 0.245 e. The molecule has 1 saturated carbocycles. The van der Waals surface area contributed by atoms with Crippen LogP contribution in [0.4, 0.5) is 4.39 Å². The largest absolute Gasteiger partial charge is 0.384 e. The number of carbonyl (C=O) groups excluding carboxylic acids is 2. The number of hydrogen-bond donors (Lipinski definition) is 2. The summed E-state index contributed by atoms with van der Waals surface area (Å²) < 4.78 is 44.9. The molecule has 35 heavy (non-hydrogen) atoms. The Kier molecular flexibility index (Phi) is 7.64. The summed E-state index contributed by atoms with van der Waals surface area (Å²) in [5.41, 5.74) is 1.53. The van der Waals surface area contributed by atoms with Crippen LogP contribution in [0.5, 0.6) is 0 Å². The van der Waals surface area contributed by atoms with Crippen molar-refractivity contribution in [3.05, 3.63) is 46.4 Å². The zero-order chi connectivity index (χ0) is 25.2. The number of nitrogens with zero attached hydrogens (tertiary/aromatic N) is 2. The molecule has 1 aromatic carbocycles. The van der Waals surface area contributed by atoms with Gasteiger partial charge in [-0.2, -0.15) is 4.39 Å². The van der Waals surface area contributed by atoms with E-state index in [1.54, 1.807) is 12.1 Å². The van der Waals surface area contributed by atoms with E-state index in [0.29, 0.717) is 26.4 Å². The molecule has 186 valence electrons. The van der Waals surface area contributed by atoms with Crippen LogP contribution in [0, 0.1) is 5.95 Å². The summed E-state index contributed by atoms with van der Waals surface area (Å²) in [6, 6.07) is 6.08. The number of thiazole rings is 1. The van der Waals surface area contributed by atoms with Gasteiger partial charge in [-0.05, 0) is 37.1 Å². The van der Waals surface area contributed by atoms with Crippen molar-refractivity contribution in [2.45, 2.75) is 24.1 Å². The van der Waals surface area contributed by atoms with Gasteiger partial charge in [0, 0.05) is 30.5 Å². The number of ether oxygens (including phenoxy) is 1. The second-order valence-corrected chi connectivity index (χ2v) is 11.7. The summed E-state index contributed by atoms with van der Waals surface area (Å²) in [4.78, 5) is 33.0. The van der Waals surface area contributed by atoms with Gasteiger partial charge in [0.05, 0.1) is 34.1 Å². The van der Waals surface area contributed by atoms with E-state index >= 15 is 0 Å². The van der Waals surface area contributed by atoms with Crippen LogP contribution in [-0.2, 0) is 24.2 Å². The first-order valence-electron chi connectivity index (χ1n) is 10.7. The molecule has 0 saturated heterocycles. The van der Waals surface area contributed by atoms with Crippen molar-refractivity contribution < 1.29 is 27.1 Å². The molecule has 13 heteroatoms. The monoisotopic (exact) mass is 540 g/mol. The molecule has 0 spiro atoms. The third-order valence-electron chi connectivity index (χ3n) is 5.29. The zero-order valence-corrected chi connectivity index (χ0v) is 21.0. The molecule has 9 nitrogen and oxygen atoms in total. The maximum atomic E-state index is 13.2. The minimum atomic E-state index is -4.03. The number of benzene rings is 1. The standard InChI is InChI=1S/C22H22ClFN4O5S2/c1-33-6-7-35(31,32)20(21(30)26-11-19(29)27-13-3-4-13)22-28-16-9-15(23)14(8-17(16)34-22)12-2-5-18(24)25-10-12/h2,5,8-10,13,20H,3-4,6-7,11H2,1H3,(H,26,30)(H,27,29). The highest BCUT2D eigenvalue weighted by atomic mass is 35.5. The Morgan fingerprint density at radius 2 is 2.09 bits per heavy atom. The summed E-state index contributed by atoms with van der Waals surface area (Å²) in [6.45, 7) is -0.448. The Balaban J connectivity index is 1.66. The molecule has 4 rings (SSSR count). The molecule has 3 aromatic rings. The van der Waals surface area contributed by atoms with Crippen molar-refractivity contribution in [3.63, 3.8) is 0 Å². The molecular weight excluding hydrogens is 519 g/mol. The summed E-state index contributed by atoms with van der Waals surface area (Å²) in [5, 5.41) is 3.88. The molecule has 2 amide bonds. The minimum Gasteiger partial charge on any atom is -0.384 e. The predicted octanol–water partition coefficient (Wildman–Crippen LogP) is 2.65. The van der Waals surface area contributed by atoms with E-state index in [1.807, 2.05) is 0 Å². The Hall–Kier alpha value is -2.67. The van der Waals surface area contributed by atoms with Gasteiger partial charge in [0.15, 0.2) is 15.1 Å². The first kappa shape index (κ1) is 25.4. The van der Waals surface area contributed by atoms with E-state index in [4.69, 9.17) is 16.3 Å². The molecule has 1 unspecified atom stereocenters. The van der Waals surface area contributed by atoms with Crippen LogP contribution in [0.15, 0.2) is 30.5 Å². The number of nitrogens with one attached hydrogen (secondary N) is 2. The highest BCUT2D eigenvalue weighted by Gasteiger charge is 2.37. The summed E-state index contributed by atoms with van der Waals surface area (Å²) in [7, 11) is -2.67. The lowest BCUT2D eigenvalue weighted by atomic mass is 10.1.